The number of nitrogens with one attached hydrogen (secondary N) is 2. The first-order valence-corrected chi connectivity index (χ1v) is 3.53. The van der Waals surface area contributed by atoms with Crippen LogP contribution in [0.4, 0.5) is 4.79 Å². The molecule has 0 unspecified atom stereocenters. The highest BCUT2D eigenvalue weighted by atomic mass is 16.2. The van der Waals surface area contributed by atoms with Crippen LogP contribution >= 0.6 is 0 Å². The van der Waals surface area contributed by atoms with Crippen molar-refractivity contribution in [3.63, 3.8) is 0 Å². The number of carbonyl (C=O) groups excluding carboxylic acids is 2. The lowest BCUT2D eigenvalue weighted by atomic mass is 10.3. The van der Waals surface area contributed by atoms with Crippen molar-refractivity contribution in [1.82, 2.24) is 10.7 Å². The van der Waals surface area contributed by atoms with Crippen molar-refractivity contribution < 1.29 is 9.59 Å². The van der Waals surface area contributed by atoms with Crippen molar-refractivity contribution in [3.8, 4) is 0 Å². The van der Waals surface area contributed by atoms with Crippen molar-refractivity contribution in [3.05, 3.63) is 0 Å². The summed E-state index contributed by atoms with van der Waals surface area (Å²) < 4.78 is 0. The Hall–Kier alpha value is -1.59. The summed E-state index contributed by atoms with van der Waals surface area (Å²) in [5.74, 6) is -0.146. The minimum atomic E-state index is -0.768. The number of hydrazone groups is 1. The molecule has 0 aliphatic rings. The normalized spacial score (nSPS) is 9.75. The number of hydrogen-bond acceptors (Lipinski definition) is 3. The van der Waals surface area contributed by atoms with Crippen molar-refractivity contribution in [2.75, 3.05) is 0 Å². The van der Waals surface area contributed by atoms with Crippen LogP contribution in [-0.2, 0) is 4.79 Å². The Labute approximate surface area is 70.2 Å². The van der Waals surface area contributed by atoms with Gasteiger partial charge in [0.15, 0.2) is 0 Å². The van der Waals surface area contributed by atoms with Gasteiger partial charge in [0.2, 0.25) is 5.91 Å². The lowest BCUT2D eigenvalue weighted by Gasteiger charge is -1.95. The number of primary amides is 1. The molecular formula is C6H12N4O2. The molecule has 0 aliphatic heterocycles. The molecule has 0 spiro atoms. The van der Waals surface area contributed by atoms with Gasteiger partial charge in [0.1, 0.15) is 6.34 Å². The maximum absolute atomic E-state index is 10.7. The van der Waals surface area contributed by atoms with E-state index in [-0.39, 0.29) is 5.91 Å². The van der Waals surface area contributed by atoms with Crippen LogP contribution in [0.25, 0.3) is 0 Å². The Kier molecular flexibility index (Phi) is 5.33. The fourth-order valence-corrected chi connectivity index (χ4v) is 0.499. The quantitative estimate of drug-likeness (QED) is 0.303. The molecule has 0 aromatic heterocycles. The maximum Gasteiger partial charge on any atom is 0.332 e. The summed E-state index contributed by atoms with van der Waals surface area (Å²) in [6.07, 6.45) is 2.29. The van der Waals surface area contributed by atoms with Crippen LogP contribution in [0.3, 0.4) is 0 Å². The summed E-state index contributed by atoms with van der Waals surface area (Å²) in [5.41, 5.74) is 6.63. The van der Waals surface area contributed by atoms with Gasteiger partial charge in [0, 0.05) is 6.42 Å². The molecule has 0 radical (unpaired) electrons. The topological polar surface area (TPSA) is 96.6 Å². The van der Waals surface area contributed by atoms with Crippen LogP contribution in [0.1, 0.15) is 19.8 Å². The number of hydrogen-bond donors (Lipinski definition) is 3. The average molecular weight is 172 g/mol. The van der Waals surface area contributed by atoms with E-state index in [2.05, 4.69) is 10.4 Å². The largest absolute Gasteiger partial charge is 0.350 e. The highest BCUT2D eigenvalue weighted by Crippen LogP contribution is 1.83. The average Bonchev–Trinajstić information content (AvgIpc) is 1.98. The zero-order valence-corrected chi connectivity index (χ0v) is 6.83. The summed E-state index contributed by atoms with van der Waals surface area (Å²) in [7, 11) is 0. The van der Waals surface area contributed by atoms with E-state index in [4.69, 9.17) is 5.73 Å². The first-order valence-electron chi connectivity index (χ1n) is 3.53. The van der Waals surface area contributed by atoms with Gasteiger partial charge in [-0.2, -0.15) is 5.10 Å². The minimum Gasteiger partial charge on any atom is -0.350 e. The molecule has 0 saturated heterocycles. The van der Waals surface area contributed by atoms with Crippen LogP contribution in [-0.4, -0.2) is 18.3 Å². The molecule has 0 aromatic rings. The van der Waals surface area contributed by atoms with Gasteiger partial charge in [0.05, 0.1) is 0 Å². The zero-order valence-electron chi connectivity index (χ0n) is 6.83. The van der Waals surface area contributed by atoms with Gasteiger partial charge in [0.25, 0.3) is 0 Å². The first-order chi connectivity index (χ1) is 5.66. The minimum absolute atomic E-state index is 0.146. The lowest BCUT2D eigenvalue weighted by molar-refractivity contribution is -0.119. The number of amides is 3. The van der Waals surface area contributed by atoms with E-state index >= 15 is 0 Å². The standard InChI is InChI=1S/C6H12N4O2/c1-2-3-5(11)8-4-9-10-6(7)12/h4H,2-3H2,1H3,(H3,7,10,12)(H,8,9,11). The molecule has 3 amide bonds. The molecule has 6 heteroatoms. The zero-order chi connectivity index (χ0) is 9.40. The van der Waals surface area contributed by atoms with Gasteiger partial charge < -0.3 is 11.1 Å². The Balaban J connectivity index is 3.46. The highest BCUT2D eigenvalue weighted by Gasteiger charge is 1.93. The fourth-order valence-electron chi connectivity index (χ4n) is 0.499. The second-order valence-electron chi connectivity index (χ2n) is 2.05. The van der Waals surface area contributed by atoms with E-state index in [1.807, 2.05) is 12.3 Å². The van der Waals surface area contributed by atoms with Gasteiger partial charge in [-0.25, -0.2) is 10.2 Å². The molecule has 6 nitrogen and oxygen atoms in total. The molecule has 68 valence electrons. The monoisotopic (exact) mass is 172 g/mol. The predicted molar refractivity (Wildman–Crippen MR) is 44.3 cm³/mol. The van der Waals surface area contributed by atoms with Crippen LogP contribution in [0.15, 0.2) is 5.10 Å². The number of nitrogens with two attached hydrogens (primary N) is 1. The van der Waals surface area contributed by atoms with E-state index in [1.54, 1.807) is 0 Å². The summed E-state index contributed by atoms with van der Waals surface area (Å²) >= 11 is 0. The third-order valence-corrected chi connectivity index (χ3v) is 0.942. The number of carbonyl (C=O) groups is 2. The van der Waals surface area contributed by atoms with E-state index < -0.39 is 6.03 Å². The number of urea groups is 1. The Morgan fingerprint density at radius 2 is 2.25 bits per heavy atom. The van der Waals surface area contributed by atoms with Crippen LogP contribution in [0, 0.1) is 0 Å². The Morgan fingerprint density at radius 1 is 1.58 bits per heavy atom. The number of nitrogens with zero attached hydrogens (tertiary/aromatic N) is 1. The van der Waals surface area contributed by atoms with Crippen LogP contribution in [0.5, 0.6) is 0 Å². The van der Waals surface area contributed by atoms with Crippen molar-refractivity contribution in [2.45, 2.75) is 19.8 Å². The number of rotatable bonds is 4. The SMILES string of the molecule is CCCC(=O)N/C=N/NC(N)=O. The summed E-state index contributed by atoms with van der Waals surface area (Å²) in [4.78, 5) is 20.8. The predicted octanol–water partition coefficient (Wildman–Crippen LogP) is -0.486. The second-order valence-corrected chi connectivity index (χ2v) is 2.05. The van der Waals surface area contributed by atoms with Gasteiger partial charge >= 0.3 is 6.03 Å². The van der Waals surface area contributed by atoms with Gasteiger partial charge in [-0.05, 0) is 6.42 Å². The fraction of sp³-hybridized carbons (Fsp3) is 0.500. The Bertz CT molecular complexity index is 190. The molecule has 0 atom stereocenters. The smallest absolute Gasteiger partial charge is 0.332 e. The van der Waals surface area contributed by atoms with Crippen LogP contribution < -0.4 is 16.5 Å². The van der Waals surface area contributed by atoms with Gasteiger partial charge in [-0.3, -0.25) is 4.79 Å². The molecule has 4 N–H and O–H groups in total. The van der Waals surface area contributed by atoms with E-state index in [9.17, 15) is 9.59 Å². The third kappa shape index (κ3) is 6.53. The molecule has 0 fully saturated rings. The molecule has 0 heterocycles. The summed E-state index contributed by atoms with van der Waals surface area (Å²) in [5, 5.41) is 5.65. The summed E-state index contributed by atoms with van der Waals surface area (Å²) in [6, 6.07) is -0.768. The third-order valence-electron chi connectivity index (χ3n) is 0.942. The Morgan fingerprint density at radius 3 is 2.75 bits per heavy atom. The van der Waals surface area contributed by atoms with Crippen LogP contribution in [0.2, 0.25) is 0 Å². The van der Waals surface area contributed by atoms with E-state index in [1.165, 1.54) is 0 Å². The second kappa shape index (κ2) is 6.14. The molecule has 0 aliphatic carbocycles. The van der Waals surface area contributed by atoms with Crippen molar-refractivity contribution in [2.24, 2.45) is 10.8 Å². The lowest BCUT2D eigenvalue weighted by Crippen LogP contribution is -2.27. The van der Waals surface area contributed by atoms with Crippen molar-refractivity contribution in [1.29, 1.82) is 0 Å². The highest BCUT2D eigenvalue weighted by molar-refractivity contribution is 5.87. The molecule has 0 saturated carbocycles. The summed E-state index contributed by atoms with van der Waals surface area (Å²) in [6.45, 7) is 1.89. The van der Waals surface area contributed by atoms with E-state index in [0.717, 1.165) is 12.8 Å². The molecule has 0 aromatic carbocycles. The molecular weight excluding hydrogens is 160 g/mol. The van der Waals surface area contributed by atoms with Gasteiger partial charge in [-0.1, -0.05) is 6.92 Å². The van der Waals surface area contributed by atoms with Gasteiger partial charge in [-0.15, -0.1) is 0 Å². The first kappa shape index (κ1) is 10.4. The van der Waals surface area contributed by atoms with Crippen molar-refractivity contribution >= 4 is 18.3 Å². The van der Waals surface area contributed by atoms with E-state index in [0.29, 0.717) is 6.42 Å². The maximum atomic E-state index is 10.7. The molecule has 0 rings (SSSR count). The molecule has 12 heavy (non-hydrogen) atoms. The molecule has 0 bridgehead atoms.